The quantitative estimate of drug-likeness (QED) is 0.797. The third-order valence-electron chi connectivity index (χ3n) is 6.49. The zero-order chi connectivity index (χ0) is 17.5. The maximum atomic E-state index is 11.5. The van der Waals surface area contributed by atoms with Crippen molar-refractivity contribution in [2.75, 3.05) is 13.2 Å². The number of carbonyl (C=O) groups excluding carboxylic acids is 1. The minimum absolute atomic E-state index is 0.124. The molecule has 2 aromatic rings. The fraction of sp³-hybridized carbons (Fsp3) is 0.409. The normalized spacial score (nSPS) is 23.8. The second kappa shape index (κ2) is 6.08. The van der Waals surface area contributed by atoms with Crippen LogP contribution in [0.25, 0.3) is 0 Å². The highest BCUT2D eigenvalue weighted by Crippen LogP contribution is 2.58. The number of aliphatic hydroxyl groups is 2. The highest BCUT2D eigenvalue weighted by molar-refractivity contribution is 5.61. The van der Waals surface area contributed by atoms with Gasteiger partial charge >= 0.3 is 0 Å². The second-order valence-corrected chi connectivity index (χ2v) is 7.64. The lowest BCUT2D eigenvalue weighted by atomic mass is 9.53. The average molecular weight is 336 g/mol. The fourth-order valence-corrected chi connectivity index (χ4v) is 4.96. The Morgan fingerprint density at radius 3 is 2.08 bits per heavy atom. The van der Waals surface area contributed by atoms with Crippen molar-refractivity contribution in [3.05, 3.63) is 70.8 Å². The Bertz CT molecular complexity index is 744. The largest absolute Gasteiger partial charge is 0.395 e. The molecular formula is C22H24O3. The lowest BCUT2D eigenvalue weighted by Crippen LogP contribution is -2.42. The molecule has 2 N–H and O–H groups in total. The van der Waals surface area contributed by atoms with Gasteiger partial charge in [-0.2, -0.15) is 0 Å². The van der Waals surface area contributed by atoms with Gasteiger partial charge in [-0.15, -0.1) is 0 Å². The summed E-state index contributed by atoms with van der Waals surface area (Å²) < 4.78 is 0. The van der Waals surface area contributed by atoms with Gasteiger partial charge in [0.25, 0.3) is 0 Å². The van der Waals surface area contributed by atoms with E-state index in [1.807, 2.05) is 0 Å². The van der Waals surface area contributed by atoms with Crippen LogP contribution in [0, 0.1) is 5.41 Å². The van der Waals surface area contributed by atoms with Crippen LogP contribution < -0.4 is 0 Å². The standard InChI is InChI=1S/C22H24O3/c23-13-21(14-24,15-25)11-12-22-10-9-16(17-5-1-3-7-19(17)22)18-6-2-4-8-20(18)22/h1-8,13,16,24-25H,9-12,14-15H2. The summed E-state index contributed by atoms with van der Waals surface area (Å²) in [6, 6.07) is 17.3. The average Bonchev–Trinajstić information content (AvgIpc) is 2.70. The molecule has 0 spiro atoms. The summed E-state index contributed by atoms with van der Waals surface area (Å²) in [5.74, 6) is 0.459. The van der Waals surface area contributed by atoms with Crippen LogP contribution in [0.3, 0.4) is 0 Å². The van der Waals surface area contributed by atoms with Gasteiger partial charge in [0.05, 0.1) is 18.6 Å². The zero-order valence-corrected chi connectivity index (χ0v) is 14.3. The molecule has 3 heteroatoms. The predicted molar refractivity (Wildman–Crippen MR) is 96.6 cm³/mol. The van der Waals surface area contributed by atoms with E-state index in [0.29, 0.717) is 12.3 Å². The molecule has 3 aliphatic rings. The summed E-state index contributed by atoms with van der Waals surface area (Å²) in [5.41, 5.74) is 4.35. The van der Waals surface area contributed by atoms with E-state index in [2.05, 4.69) is 48.5 Å². The Morgan fingerprint density at radius 1 is 1.00 bits per heavy atom. The molecule has 25 heavy (non-hydrogen) atoms. The number of carbonyl (C=O) groups is 1. The van der Waals surface area contributed by atoms with Crippen LogP contribution >= 0.6 is 0 Å². The first-order valence-electron chi connectivity index (χ1n) is 9.06. The molecule has 0 heterocycles. The minimum atomic E-state index is -1.05. The molecule has 0 atom stereocenters. The van der Waals surface area contributed by atoms with Gasteiger partial charge in [0.1, 0.15) is 6.29 Å². The first-order valence-corrected chi connectivity index (χ1v) is 9.06. The Labute approximate surface area is 148 Å². The number of benzene rings is 2. The summed E-state index contributed by atoms with van der Waals surface area (Å²) in [4.78, 5) is 11.5. The van der Waals surface area contributed by atoms with E-state index in [9.17, 15) is 15.0 Å². The van der Waals surface area contributed by atoms with Crippen molar-refractivity contribution in [2.24, 2.45) is 5.41 Å². The SMILES string of the molecule is O=CC(CO)(CO)CCC12CCC(c3ccccc31)c1ccccc12. The molecule has 0 amide bonds. The molecule has 2 bridgehead atoms. The van der Waals surface area contributed by atoms with E-state index < -0.39 is 5.41 Å². The smallest absolute Gasteiger partial charge is 0.130 e. The molecule has 0 fully saturated rings. The van der Waals surface area contributed by atoms with Gasteiger partial charge in [-0.3, -0.25) is 0 Å². The molecule has 0 saturated carbocycles. The van der Waals surface area contributed by atoms with Gasteiger partial charge in [-0.05, 0) is 47.9 Å². The number of fused-ring (bicyclic) bond motifs is 1. The van der Waals surface area contributed by atoms with Gasteiger partial charge in [0.15, 0.2) is 0 Å². The highest BCUT2D eigenvalue weighted by atomic mass is 16.3. The second-order valence-electron chi connectivity index (χ2n) is 7.64. The van der Waals surface area contributed by atoms with Gasteiger partial charge < -0.3 is 15.0 Å². The van der Waals surface area contributed by atoms with Crippen LogP contribution in [0.1, 0.15) is 53.9 Å². The first kappa shape index (κ1) is 16.5. The van der Waals surface area contributed by atoms with Crippen LogP contribution in [0.5, 0.6) is 0 Å². The Kier molecular flexibility index (Phi) is 4.01. The van der Waals surface area contributed by atoms with Crippen molar-refractivity contribution in [1.29, 1.82) is 0 Å². The van der Waals surface area contributed by atoms with Crippen molar-refractivity contribution in [1.82, 2.24) is 0 Å². The zero-order valence-electron chi connectivity index (χ0n) is 14.3. The van der Waals surface area contributed by atoms with E-state index in [1.165, 1.54) is 22.3 Å². The van der Waals surface area contributed by atoms with E-state index in [1.54, 1.807) is 0 Å². The van der Waals surface area contributed by atoms with E-state index in [0.717, 1.165) is 25.5 Å². The predicted octanol–water partition coefficient (Wildman–Crippen LogP) is 3.16. The molecule has 0 aliphatic heterocycles. The first-order chi connectivity index (χ1) is 12.2. The number of aldehydes is 1. The van der Waals surface area contributed by atoms with Crippen LogP contribution in [0.2, 0.25) is 0 Å². The summed E-state index contributed by atoms with van der Waals surface area (Å²) in [5, 5.41) is 19.3. The molecule has 0 unspecified atom stereocenters. The Hall–Kier alpha value is -1.97. The van der Waals surface area contributed by atoms with Crippen molar-refractivity contribution in [3.8, 4) is 0 Å². The van der Waals surface area contributed by atoms with Crippen molar-refractivity contribution < 1.29 is 15.0 Å². The molecule has 0 saturated heterocycles. The minimum Gasteiger partial charge on any atom is -0.395 e. The van der Waals surface area contributed by atoms with Crippen molar-refractivity contribution >= 4 is 6.29 Å². The van der Waals surface area contributed by atoms with E-state index in [4.69, 9.17) is 0 Å². The lowest BCUT2D eigenvalue weighted by molar-refractivity contribution is -0.121. The summed E-state index contributed by atoms with van der Waals surface area (Å²) in [7, 11) is 0. The molecule has 5 rings (SSSR count). The molecular weight excluding hydrogens is 312 g/mol. The third kappa shape index (κ3) is 2.30. The molecule has 130 valence electrons. The van der Waals surface area contributed by atoms with Crippen molar-refractivity contribution in [2.45, 2.75) is 37.0 Å². The van der Waals surface area contributed by atoms with E-state index >= 15 is 0 Å². The van der Waals surface area contributed by atoms with E-state index in [-0.39, 0.29) is 18.6 Å². The summed E-state index contributed by atoms with van der Waals surface area (Å²) >= 11 is 0. The topological polar surface area (TPSA) is 57.5 Å². The number of hydrogen-bond acceptors (Lipinski definition) is 3. The van der Waals surface area contributed by atoms with Crippen LogP contribution in [0.15, 0.2) is 48.5 Å². The summed E-state index contributed by atoms with van der Waals surface area (Å²) in [6.45, 7) is -0.621. The van der Waals surface area contributed by atoms with Crippen molar-refractivity contribution in [3.63, 3.8) is 0 Å². The molecule has 0 radical (unpaired) electrons. The van der Waals surface area contributed by atoms with Crippen LogP contribution in [-0.4, -0.2) is 29.7 Å². The maximum absolute atomic E-state index is 11.5. The van der Waals surface area contributed by atoms with Gasteiger partial charge in [-0.25, -0.2) is 0 Å². The van der Waals surface area contributed by atoms with Gasteiger partial charge in [0.2, 0.25) is 0 Å². The Morgan fingerprint density at radius 2 is 1.56 bits per heavy atom. The fourth-order valence-electron chi connectivity index (χ4n) is 4.96. The molecule has 3 aliphatic carbocycles. The number of hydrogen-bond donors (Lipinski definition) is 2. The monoisotopic (exact) mass is 336 g/mol. The lowest BCUT2D eigenvalue weighted by Gasteiger charge is -2.50. The summed E-state index contributed by atoms with van der Waals surface area (Å²) in [6.07, 6.45) is 4.14. The van der Waals surface area contributed by atoms with Crippen LogP contribution in [0.4, 0.5) is 0 Å². The molecule has 3 nitrogen and oxygen atoms in total. The molecule has 0 aromatic heterocycles. The Balaban J connectivity index is 1.82. The maximum Gasteiger partial charge on any atom is 0.130 e. The van der Waals surface area contributed by atoms with Gasteiger partial charge in [0, 0.05) is 11.3 Å². The number of rotatable bonds is 6. The highest BCUT2D eigenvalue weighted by Gasteiger charge is 2.48. The van der Waals surface area contributed by atoms with Crippen LogP contribution in [-0.2, 0) is 10.2 Å². The number of aliphatic hydroxyl groups excluding tert-OH is 2. The molecule has 2 aromatic carbocycles. The third-order valence-corrected chi connectivity index (χ3v) is 6.49. The van der Waals surface area contributed by atoms with Gasteiger partial charge in [-0.1, -0.05) is 48.5 Å².